The predicted molar refractivity (Wildman–Crippen MR) is 78.0 cm³/mol. The molecule has 0 heterocycles. The number of alkyl halides is 2. The first-order chi connectivity index (χ1) is 8.95. The van der Waals surface area contributed by atoms with Gasteiger partial charge in [-0.15, -0.1) is 0 Å². The molecule has 0 aromatic heterocycles. The lowest BCUT2D eigenvalue weighted by Crippen LogP contribution is -2.17. The fourth-order valence-corrected chi connectivity index (χ4v) is 3.57. The molecule has 0 unspecified atom stereocenters. The summed E-state index contributed by atoms with van der Waals surface area (Å²) in [5.41, 5.74) is -2.61. The van der Waals surface area contributed by atoms with Crippen molar-refractivity contribution in [2.45, 2.75) is 19.5 Å². The fourth-order valence-electron chi connectivity index (χ4n) is 1.40. The van der Waals surface area contributed by atoms with Crippen LogP contribution in [0.25, 0.3) is 6.08 Å². The molecule has 2 nitrogen and oxygen atoms in total. The minimum Gasteiger partial charge on any atom is -0.325 e. The van der Waals surface area contributed by atoms with Gasteiger partial charge in [0, 0.05) is 0 Å². The molecule has 1 aromatic carbocycles. The van der Waals surface area contributed by atoms with E-state index in [9.17, 15) is 8.78 Å². The molecule has 0 saturated carbocycles. The molecule has 0 amide bonds. The Balaban J connectivity index is 2.94. The van der Waals surface area contributed by atoms with Crippen LogP contribution in [0.1, 0.15) is 19.4 Å². The van der Waals surface area contributed by atoms with E-state index in [1.54, 1.807) is 38.1 Å². The molecule has 0 fully saturated rings. The van der Waals surface area contributed by atoms with E-state index in [0.29, 0.717) is 5.56 Å². The molecule has 0 radical (unpaired) electrons. The zero-order chi connectivity index (χ0) is 14.4. The molecule has 19 heavy (non-hydrogen) atoms. The van der Waals surface area contributed by atoms with E-state index >= 15 is 0 Å². The van der Waals surface area contributed by atoms with Crippen LogP contribution in [0.5, 0.6) is 0 Å². The second-order valence-corrected chi connectivity index (χ2v) is 7.21. The van der Waals surface area contributed by atoms with Gasteiger partial charge in [-0.2, -0.15) is 8.78 Å². The van der Waals surface area contributed by atoms with Gasteiger partial charge in [0.1, 0.15) is 0 Å². The van der Waals surface area contributed by atoms with Gasteiger partial charge >= 0.3 is 5.66 Å². The van der Waals surface area contributed by atoms with Crippen LogP contribution in [-0.2, 0) is 20.9 Å². The van der Waals surface area contributed by atoms with E-state index in [-0.39, 0.29) is 13.2 Å². The third kappa shape index (κ3) is 4.46. The molecule has 1 aromatic rings. The molecule has 0 N–H and O–H groups in total. The third-order valence-electron chi connectivity index (χ3n) is 2.24. The SMILES string of the molecule is CCOP(=S)(OCC)C(F)(F)/C=C/c1ccccc1. The van der Waals surface area contributed by atoms with Crippen molar-refractivity contribution in [3.63, 3.8) is 0 Å². The predicted octanol–water partition coefficient (Wildman–Crippen LogP) is 4.68. The summed E-state index contributed by atoms with van der Waals surface area (Å²) in [5.74, 6) is 0. The molecule has 0 bridgehead atoms. The highest BCUT2D eigenvalue weighted by Gasteiger charge is 2.46. The Hall–Kier alpha value is -0.610. The summed E-state index contributed by atoms with van der Waals surface area (Å²) in [6, 6.07) is 8.84. The third-order valence-corrected chi connectivity index (χ3v) is 5.68. The smallest absolute Gasteiger partial charge is 0.325 e. The minimum atomic E-state index is -3.65. The van der Waals surface area contributed by atoms with Crippen LogP contribution in [0.15, 0.2) is 36.4 Å². The number of hydrogen-bond acceptors (Lipinski definition) is 3. The van der Waals surface area contributed by atoms with Gasteiger partial charge in [-0.1, -0.05) is 36.4 Å². The van der Waals surface area contributed by atoms with E-state index in [1.807, 2.05) is 6.07 Å². The van der Waals surface area contributed by atoms with Gasteiger partial charge in [-0.05, 0) is 37.3 Å². The van der Waals surface area contributed by atoms with Crippen molar-refractivity contribution >= 4 is 24.4 Å². The Morgan fingerprint density at radius 3 is 2.16 bits per heavy atom. The molecule has 0 saturated heterocycles. The number of halogens is 2. The van der Waals surface area contributed by atoms with Gasteiger partial charge in [0.2, 0.25) is 0 Å². The summed E-state index contributed by atoms with van der Waals surface area (Å²) in [6.07, 6.45) is 2.10. The van der Waals surface area contributed by atoms with E-state index in [1.165, 1.54) is 6.08 Å². The summed E-state index contributed by atoms with van der Waals surface area (Å²) in [5, 5.41) is 0. The molecule has 0 atom stereocenters. The Kier molecular flexibility index (Phi) is 6.27. The fraction of sp³-hybridized carbons (Fsp3) is 0.385. The molecule has 1 rings (SSSR count). The Morgan fingerprint density at radius 2 is 1.68 bits per heavy atom. The van der Waals surface area contributed by atoms with Gasteiger partial charge in [0.15, 0.2) is 0 Å². The topological polar surface area (TPSA) is 18.5 Å². The Labute approximate surface area is 117 Å². The van der Waals surface area contributed by atoms with Crippen LogP contribution in [0.3, 0.4) is 0 Å². The van der Waals surface area contributed by atoms with Gasteiger partial charge in [-0.25, -0.2) is 0 Å². The second kappa shape index (κ2) is 7.25. The Morgan fingerprint density at radius 1 is 1.16 bits per heavy atom. The standard InChI is InChI=1S/C13H17F2O2PS/c1-3-16-18(19,17-4-2)13(14,15)11-10-12-8-6-5-7-9-12/h5-11H,3-4H2,1-2H3/b11-10+. The second-order valence-electron chi connectivity index (χ2n) is 3.66. The van der Waals surface area contributed by atoms with E-state index < -0.39 is 12.2 Å². The molecule has 0 aliphatic heterocycles. The van der Waals surface area contributed by atoms with Crippen LogP contribution < -0.4 is 0 Å². The maximum absolute atomic E-state index is 14.1. The quantitative estimate of drug-likeness (QED) is 0.682. The number of hydrogen-bond donors (Lipinski definition) is 0. The summed E-state index contributed by atoms with van der Waals surface area (Å²) >= 11 is 4.92. The van der Waals surface area contributed by atoms with Crippen molar-refractivity contribution < 1.29 is 17.8 Å². The first-order valence-corrected chi connectivity index (χ1v) is 8.60. The van der Waals surface area contributed by atoms with Crippen LogP contribution in [0.2, 0.25) is 0 Å². The summed E-state index contributed by atoms with van der Waals surface area (Å²) in [4.78, 5) is 0. The normalized spacial score (nSPS) is 13.1. The van der Waals surface area contributed by atoms with Crippen molar-refractivity contribution in [2.24, 2.45) is 0 Å². The van der Waals surface area contributed by atoms with Crippen molar-refractivity contribution in [2.75, 3.05) is 13.2 Å². The number of rotatable bonds is 7. The van der Waals surface area contributed by atoms with E-state index in [4.69, 9.17) is 20.9 Å². The maximum atomic E-state index is 14.1. The number of allylic oxidation sites excluding steroid dienone is 1. The lowest BCUT2D eigenvalue weighted by Gasteiger charge is -2.27. The maximum Gasteiger partial charge on any atom is 0.339 e. The summed E-state index contributed by atoms with van der Waals surface area (Å²) in [6.45, 7) is -0.195. The monoisotopic (exact) mass is 306 g/mol. The van der Waals surface area contributed by atoms with Crippen LogP contribution in [-0.4, -0.2) is 18.9 Å². The summed E-state index contributed by atoms with van der Waals surface area (Å²) < 4.78 is 38.3. The highest BCUT2D eigenvalue weighted by molar-refractivity contribution is 8.10. The zero-order valence-corrected chi connectivity index (χ0v) is 12.6. The van der Waals surface area contributed by atoms with Crippen molar-refractivity contribution in [1.82, 2.24) is 0 Å². The lowest BCUT2D eigenvalue weighted by atomic mass is 10.2. The number of benzene rings is 1. The largest absolute Gasteiger partial charge is 0.339 e. The highest BCUT2D eigenvalue weighted by atomic mass is 32.5. The average Bonchev–Trinajstić information content (AvgIpc) is 2.38. The van der Waals surface area contributed by atoms with Crippen molar-refractivity contribution in [3.8, 4) is 0 Å². The molecule has 6 heteroatoms. The minimum absolute atomic E-state index is 0.103. The van der Waals surface area contributed by atoms with Crippen LogP contribution in [0, 0.1) is 0 Å². The summed E-state index contributed by atoms with van der Waals surface area (Å²) in [7, 11) is 0. The van der Waals surface area contributed by atoms with Gasteiger partial charge in [0.25, 0.3) is 6.49 Å². The molecule has 106 valence electrons. The van der Waals surface area contributed by atoms with Crippen LogP contribution >= 0.6 is 6.49 Å². The molecular formula is C13H17F2O2PS. The highest BCUT2D eigenvalue weighted by Crippen LogP contribution is 2.62. The first-order valence-electron chi connectivity index (χ1n) is 5.96. The van der Waals surface area contributed by atoms with E-state index in [0.717, 1.165) is 6.08 Å². The molecule has 0 aliphatic carbocycles. The first kappa shape index (κ1) is 16.4. The zero-order valence-electron chi connectivity index (χ0n) is 10.9. The van der Waals surface area contributed by atoms with Gasteiger partial charge in [-0.3, -0.25) is 0 Å². The van der Waals surface area contributed by atoms with Gasteiger partial charge < -0.3 is 9.05 Å². The van der Waals surface area contributed by atoms with Crippen molar-refractivity contribution in [1.29, 1.82) is 0 Å². The molecule has 0 aliphatic rings. The Bertz CT molecular complexity index is 453. The van der Waals surface area contributed by atoms with E-state index in [2.05, 4.69) is 0 Å². The molecule has 0 spiro atoms. The average molecular weight is 306 g/mol. The van der Waals surface area contributed by atoms with Crippen molar-refractivity contribution in [3.05, 3.63) is 42.0 Å². The van der Waals surface area contributed by atoms with Crippen LogP contribution in [0.4, 0.5) is 8.78 Å². The lowest BCUT2D eigenvalue weighted by molar-refractivity contribution is 0.104. The van der Waals surface area contributed by atoms with Gasteiger partial charge in [0.05, 0.1) is 13.2 Å². The molecular weight excluding hydrogens is 289 g/mol.